The maximum atomic E-state index is 12.1. The van der Waals surface area contributed by atoms with E-state index in [-0.39, 0.29) is 21.9 Å². The first-order valence-electron chi connectivity index (χ1n) is 7.92. The lowest BCUT2D eigenvalue weighted by molar-refractivity contribution is 0.0697. The molecule has 7 nitrogen and oxygen atoms in total. The number of rotatable bonds is 3. The molecule has 0 saturated carbocycles. The predicted molar refractivity (Wildman–Crippen MR) is 107 cm³/mol. The second-order valence-electron chi connectivity index (χ2n) is 6.05. The molecule has 3 aromatic rings. The monoisotopic (exact) mass is 438 g/mol. The van der Waals surface area contributed by atoms with Crippen molar-refractivity contribution in [3.8, 4) is 11.5 Å². The number of aromatic carboxylic acids is 1. The number of nitrogens with one attached hydrogen (secondary N) is 2. The SMILES string of the molecule is CNS(=O)(=O)c1cc2c(c(C(=O)O)c1)Nc1cc3cc(Cl)c(Cl)cc3cc1O2. The molecule has 3 N–H and O–H groups in total. The van der Waals surface area contributed by atoms with Crippen molar-refractivity contribution in [2.45, 2.75) is 4.90 Å². The molecule has 1 aliphatic heterocycles. The Kier molecular flexibility index (Phi) is 4.39. The number of hydrogen-bond acceptors (Lipinski definition) is 5. The fourth-order valence-electron chi connectivity index (χ4n) is 2.95. The Labute approximate surface area is 169 Å². The first kappa shape index (κ1) is 18.8. The number of carboxylic acid groups (broad SMARTS) is 1. The van der Waals surface area contributed by atoms with Gasteiger partial charge in [0.15, 0.2) is 11.5 Å². The van der Waals surface area contributed by atoms with Gasteiger partial charge < -0.3 is 15.2 Å². The van der Waals surface area contributed by atoms with Crippen molar-refractivity contribution in [1.82, 2.24) is 4.72 Å². The molecule has 0 unspecified atom stereocenters. The maximum absolute atomic E-state index is 12.1. The fraction of sp³-hybridized carbons (Fsp3) is 0.0556. The van der Waals surface area contributed by atoms with Gasteiger partial charge in [-0.05, 0) is 48.2 Å². The summed E-state index contributed by atoms with van der Waals surface area (Å²) in [5.41, 5.74) is 0.450. The highest BCUT2D eigenvalue weighted by Gasteiger charge is 2.27. The number of hydrogen-bond donors (Lipinski definition) is 3. The summed E-state index contributed by atoms with van der Waals surface area (Å²) in [5.74, 6) is -0.811. The molecular formula is C18H12Cl2N2O5S. The lowest BCUT2D eigenvalue weighted by atomic mass is 10.1. The number of ether oxygens (including phenoxy) is 1. The minimum atomic E-state index is -3.86. The van der Waals surface area contributed by atoms with E-state index in [1.165, 1.54) is 13.1 Å². The van der Waals surface area contributed by atoms with Crippen LogP contribution in [0.5, 0.6) is 11.5 Å². The van der Waals surface area contributed by atoms with Gasteiger partial charge in [0.2, 0.25) is 10.0 Å². The molecule has 0 aliphatic carbocycles. The van der Waals surface area contributed by atoms with E-state index in [1.807, 2.05) is 0 Å². The number of carboxylic acids is 1. The Balaban J connectivity index is 1.91. The summed E-state index contributed by atoms with van der Waals surface area (Å²) in [7, 11) is -2.62. The highest BCUT2D eigenvalue weighted by atomic mass is 35.5. The topological polar surface area (TPSA) is 105 Å². The summed E-state index contributed by atoms with van der Waals surface area (Å²) in [5, 5.41) is 14.9. The summed E-state index contributed by atoms with van der Waals surface area (Å²) in [6.07, 6.45) is 0. The van der Waals surface area contributed by atoms with Crippen LogP contribution in [-0.4, -0.2) is 26.5 Å². The fourth-order valence-corrected chi connectivity index (χ4v) is 4.06. The van der Waals surface area contributed by atoms with Crippen molar-refractivity contribution in [2.24, 2.45) is 0 Å². The van der Waals surface area contributed by atoms with E-state index in [9.17, 15) is 18.3 Å². The van der Waals surface area contributed by atoms with E-state index in [0.29, 0.717) is 21.5 Å². The molecule has 0 bridgehead atoms. The second kappa shape index (κ2) is 6.52. The predicted octanol–water partition coefficient (Wildman–Crippen LogP) is 4.60. The molecule has 3 aromatic carbocycles. The molecule has 10 heteroatoms. The van der Waals surface area contributed by atoms with Gasteiger partial charge in [0, 0.05) is 6.07 Å². The van der Waals surface area contributed by atoms with Crippen LogP contribution >= 0.6 is 23.2 Å². The molecule has 1 heterocycles. The van der Waals surface area contributed by atoms with Crippen LogP contribution in [0.4, 0.5) is 11.4 Å². The third kappa shape index (κ3) is 3.04. The molecule has 0 fully saturated rings. The van der Waals surface area contributed by atoms with Crippen LogP contribution in [0.1, 0.15) is 10.4 Å². The lowest BCUT2D eigenvalue weighted by Crippen LogP contribution is -2.20. The molecule has 0 atom stereocenters. The Morgan fingerprint density at radius 3 is 2.29 bits per heavy atom. The number of fused-ring (bicyclic) bond motifs is 3. The summed E-state index contributed by atoms with van der Waals surface area (Å²) >= 11 is 12.1. The Morgan fingerprint density at radius 2 is 1.68 bits per heavy atom. The third-order valence-corrected chi connectivity index (χ3v) is 6.46. The molecule has 0 radical (unpaired) electrons. The molecule has 0 amide bonds. The number of anilines is 2. The molecule has 0 spiro atoms. The summed E-state index contributed by atoms with van der Waals surface area (Å²) in [6, 6.07) is 9.18. The minimum Gasteiger partial charge on any atom is -0.478 e. The normalized spacial score (nSPS) is 12.7. The average molecular weight is 439 g/mol. The number of halogens is 2. The number of carbonyl (C=O) groups is 1. The molecule has 1 aliphatic rings. The van der Waals surface area contributed by atoms with Gasteiger partial charge in [-0.1, -0.05) is 23.2 Å². The minimum absolute atomic E-state index is 0.0839. The zero-order valence-electron chi connectivity index (χ0n) is 14.2. The van der Waals surface area contributed by atoms with Gasteiger partial charge in [-0.3, -0.25) is 0 Å². The first-order chi connectivity index (χ1) is 13.2. The number of sulfonamides is 1. The first-order valence-corrected chi connectivity index (χ1v) is 10.2. The van der Waals surface area contributed by atoms with Crippen LogP contribution in [0.25, 0.3) is 10.8 Å². The van der Waals surface area contributed by atoms with Crippen molar-refractivity contribution in [1.29, 1.82) is 0 Å². The lowest BCUT2D eigenvalue weighted by Gasteiger charge is -2.24. The van der Waals surface area contributed by atoms with Crippen molar-refractivity contribution in [3.05, 3.63) is 52.0 Å². The summed E-state index contributed by atoms with van der Waals surface area (Å²) < 4.78 is 32.3. The molecular weight excluding hydrogens is 427 g/mol. The second-order valence-corrected chi connectivity index (χ2v) is 8.75. The quantitative estimate of drug-likeness (QED) is 0.431. The average Bonchev–Trinajstić information content (AvgIpc) is 2.65. The van der Waals surface area contributed by atoms with E-state index in [4.69, 9.17) is 27.9 Å². The molecule has 0 aromatic heterocycles. The standard InChI is InChI=1S/C18H12Cl2N2O5S/c1-21-28(25,26)10-6-11(18(23)24)17-16(7-10)27-15-5-9-3-13(20)12(19)2-8(9)4-14(15)22-17/h2-7,21-22H,1H3,(H,23,24). The van der Waals surface area contributed by atoms with Crippen LogP contribution in [0.15, 0.2) is 41.3 Å². The molecule has 0 saturated heterocycles. The highest BCUT2D eigenvalue weighted by Crippen LogP contribution is 2.46. The van der Waals surface area contributed by atoms with Gasteiger partial charge in [-0.25, -0.2) is 17.9 Å². The largest absolute Gasteiger partial charge is 0.478 e. The Bertz CT molecular complexity index is 1270. The maximum Gasteiger partial charge on any atom is 0.338 e. The zero-order valence-corrected chi connectivity index (χ0v) is 16.5. The van der Waals surface area contributed by atoms with Crippen molar-refractivity contribution in [3.63, 3.8) is 0 Å². The molecule has 28 heavy (non-hydrogen) atoms. The van der Waals surface area contributed by atoms with Crippen molar-refractivity contribution >= 4 is 61.3 Å². The van der Waals surface area contributed by atoms with Gasteiger partial charge in [-0.2, -0.15) is 0 Å². The van der Waals surface area contributed by atoms with Gasteiger partial charge in [0.1, 0.15) is 0 Å². The highest BCUT2D eigenvalue weighted by molar-refractivity contribution is 7.89. The van der Waals surface area contributed by atoms with Crippen molar-refractivity contribution in [2.75, 3.05) is 12.4 Å². The van der Waals surface area contributed by atoms with Gasteiger partial charge in [-0.15, -0.1) is 0 Å². The Hall–Kier alpha value is -2.52. The van der Waals surface area contributed by atoms with Crippen LogP contribution in [0, 0.1) is 0 Å². The van der Waals surface area contributed by atoms with Crippen LogP contribution in [-0.2, 0) is 10.0 Å². The van der Waals surface area contributed by atoms with E-state index in [2.05, 4.69) is 10.0 Å². The van der Waals surface area contributed by atoms with Gasteiger partial charge >= 0.3 is 5.97 Å². The number of benzene rings is 3. The van der Waals surface area contributed by atoms with E-state index >= 15 is 0 Å². The third-order valence-electron chi connectivity index (χ3n) is 4.34. The zero-order chi connectivity index (χ0) is 20.2. The van der Waals surface area contributed by atoms with E-state index in [0.717, 1.165) is 16.8 Å². The van der Waals surface area contributed by atoms with E-state index in [1.54, 1.807) is 24.3 Å². The molecule has 4 rings (SSSR count). The van der Waals surface area contributed by atoms with Crippen LogP contribution in [0.2, 0.25) is 10.0 Å². The van der Waals surface area contributed by atoms with E-state index < -0.39 is 16.0 Å². The van der Waals surface area contributed by atoms with Crippen LogP contribution < -0.4 is 14.8 Å². The summed E-state index contributed by atoms with van der Waals surface area (Å²) in [6.45, 7) is 0. The Morgan fingerprint density at radius 1 is 1.04 bits per heavy atom. The van der Waals surface area contributed by atoms with Gasteiger partial charge in [0.25, 0.3) is 0 Å². The smallest absolute Gasteiger partial charge is 0.338 e. The van der Waals surface area contributed by atoms with Crippen LogP contribution in [0.3, 0.4) is 0 Å². The summed E-state index contributed by atoms with van der Waals surface area (Å²) in [4.78, 5) is 11.5. The van der Waals surface area contributed by atoms with Crippen molar-refractivity contribution < 1.29 is 23.1 Å². The molecule has 144 valence electrons. The van der Waals surface area contributed by atoms with Gasteiger partial charge in [0.05, 0.1) is 31.9 Å².